The molecule has 20 heavy (non-hydrogen) atoms. The van der Waals surface area contributed by atoms with Gasteiger partial charge in [0.15, 0.2) is 0 Å². The molecule has 2 N–H and O–H groups in total. The van der Waals surface area contributed by atoms with Gasteiger partial charge in [-0.25, -0.2) is 9.59 Å². The first-order valence-corrected chi connectivity index (χ1v) is 6.80. The van der Waals surface area contributed by atoms with Gasteiger partial charge in [0.05, 0.1) is 0 Å². The van der Waals surface area contributed by atoms with Crippen LogP contribution >= 0.6 is 0 Å². The summed E-state index contributed by atoms with van der Waals surface area (Å²) in [5.41, 5.74) is -0.0196. The van der Waals surface area contributed by atoms with Crippen molar-refractivity contribution in [1.82, 2.24) is 10.2 Å². The van der Waals surface area contributed by atoms with Crippen LogP contribution in [0.5, 0.6) is 0 Å². The van der Waals surface area contributed by atoms with E-state index in [1.165, 1.54) is 31.6 Å². The van der Waals surface area contributed by atoms with Gasteiger partial charge in [0.1, 0.15) is 0 Å². The number of amides is 3. The molecule has 0 heterocycles. The molecule has 1 saturated carbocycles. The summed E-state index contributed by atoms with van der Waals surface area (Å²) in [6, 6.07) is -0.487. The van der Waals surface area contributed by atoms with E-state index in [1.807, 2.05) is 0 Å². The van der Waals surface area contributed by atoms with Gasteiger partial charge in [0, 0.05) is 24.7 Å². The maximum atomic E-state index is 11.9. The lowest BCUT2D eigenvalue weighted by atomic mass is 10.1. The molecule has 0 atom stereocenters. The minimum absolute atomic E-state index is 0.0418. The third-order valence-electron chi connectivity index (χ3n) is 3.80. The van der Waals surface area contributed by atoms with Gasteiger partial charge in [-0.2, -0.15) is 0 Å². The zero-order valence-electron chi connectivity index (χ0n) is 12.2. The molecule has 3 amide bonds. The first kappa shape index (κ1) is 16.2. The first-order valence-electron chi connectivity index (χ1n) is 6.80. The third kappa shape index (κ3) is 4.36. The highest BCUT2D eigenvalue weighted by molar-refractivity contribution is 6.07. The summed E-state index contributed by atoms with van der Waals surface area (Å²) in [6.45, 7) is 3.35. The van der Waals surface area contributed by atoms with Crippen LogP contribution in [0.3, 0.4) is 0 Å². The molecule has 0 aromatic carbocycles. The molecule has 0 radical (unpaired) electrons. The minimum Gasteiger partial charge on any atom is -0.478 e. The molecule has 0 unspecified atom stereocenters. The number of hydrogen-bond acceptors (Lipinski definition) is 3. The Morgan fingerprint density at radius 3 is 2.20 bits per heavy atom. The lowest BCUT2D eigenvalue weighted by Gasteiger charge is -2.21. The number of aliphatic carboxylic acids is 1. The molecular weight excluding hydrogens is 260 g/mol. The van der Waals surface area contributed by atoms with Gasteiger partial charge < -0.3 is 10.0 Å². The number of urea groups is 1. The van der Waals surface area contributed by atoms with Crippen molar-refractivity contribution in [3.8, 4) is 0 Å². The quantitative estimate of drug-likeness (QED) is 0.769. The summed E-state index contributed by atoms with van der Waals surface area (Å²) >= 11 is 0. The SMILES string of the molecule is CC(C(=O)O)=C(C)C(=O)NC(=O)N(C)CC1CCCC1. The predicted octanol–water partition coefficient (Wildman–Crippen LogP) is 1.77. The molecule has 1 aliphatic carbocycles. The van der Waals surface area contributed by atoms with E-state index in [4.69, 9.17) is 5.11 Å². The Bertz CT molecular complexity index is 436. The van der Waals surface area contributed by atoms with Crippen molar-refractivity contribution in [3.05, 3.63) is 11.1 Å². The van der Waals surface area contributed by atoms with E-state index in [0.717, 1.165) is 12.8 Å². The summed E-state index contributed by atoms with van der Waals surface area (Å²) < 4.78 is 0. The number of hydrogen-bond donors (Lipinski definition) is 2. The second kappa shape index (κ2) is 7.07. The smallest absolute Gasteiger partial charge is 0.331 e. The maximum Gasteiger partial charge on any atom is 0.331 e. The molecule has 0 aromatic rings. The van der Waals surface area contributed by atoms with Crippen LogP contribution < -0.4 is 5.32 Å². The maximum absolute atomic E-state index is 11.9. The zero-order chi connectivity index (χ0) is 15.3. The molecule has 0 saturated heterocycles. The first-order chi connectivity index (χ1) is 9.32. The van der Waals surface area contributed by atoms with Crippen LogP contribution in [0, 0.1) is 5.92 Å². The van der Waals surface area contributed by atoms with Gasteiger partial charge in [0.25, 0.3) is 5.91 Å². The molecule has 0 aliphatic heterocycles. The highest BCUT2D eigenvalue weighted by Crippen LogP contribution is 2.25. The van der Waals surface area contributed by atoms with E-state index in [0.29, 0.717) is 12.5 Å². The lowest BCUT2D eigenvalue weighted by molar-refractivity contribution is -0.133. The van der Waals surface area contributed by atoms with E-state index in [1.54, 1.807) is 7.05 Å². The van der Waals surface area contributed by atoms with Gasteiger partial charge >= 0.3 is 12.0 Å². The lowest BCUT2D eigenvalue weighted by Crippen LogP contribution is -2.43. The Labute approximate surface area is 118 Å². The standard InChI is InChI=1S/C14H22N2O4/c1-9(10(2)13(18)19)12(17)15-14(20)16(3)8-11-6-4-5-7-11/h11H,4-8H2,1-3H3,(H,18,19)(H,15,17,20). The van der Waals surface area contributed by atoms with Crippen molar-refractivity contribution < 1.29 is 19.5 Å². The van der Waals surface area contributed by atoms with Gasteiger partial charge in [-0.05, 0) is 32.6 Å². The fourth-order valence-corrected chi connectivity index (χ4v) is 2.28. The monoisotopic (exact) mass is 282 g/mol. The molecule has 112 valence electrons. The largest absolute Gasteiger partial charge is 0.478 e. The van der Waals surface area contributed by atoms with Crippen LogP contribution in [0.1, 0.15) is 39.5 Å². The molecular formula is C14H22N2O4. The summed E-state index contributed by atoms with van der Waals surface area (Å²) in [5.74, 6) is -1.32. The van der Waals surface area contributed by atoms with Crippen molar-refractivity contribution in [3.63, 3.8) is 0 Å². The second-order valence-electron chi connectivity index (χ2n) is 5.35. The average molecular weight is 282 g/mol. The summed E-state index contributed by atoms with van der Waals surface area (Å²) in [5, 5.41) is 11.0. The van der Waals surface area contributed by atoms with E-state index in [-0.39, 0.29) is 11.1 Å². The van der Waals surface area contributed by atoms with Crippen molar-refractivity contribution >= 4 is 17.9 Å². The van der Waals surface area contributed by atoms with Gasteiger partial charge in [0.2, 0.25) is 0 Å². The normalized spacial score (nSPS) is 16.6. The summed E-state index contributed by atoms with van der Waals surface area (Å²) in [7, 11) is 1.64. The van der Waals surface area contributed by atoms with E-state index in [9.17, 15) is 14.4 Å². The van der Waals surface area contributed by atoms with Gasteiger partial charge in [-0.15, -0.1) is 0 Å². The van der Waals surface area contributed by atoms with E-state index >= 15 is 0 Å². The number of nitrogens with one attached hydrogen (secondary N) is 1. The average Bonchev–Trinajstić information content (AvgIpc) is 2.89. The molecule has 0 bridgehead atoms. The van der Waals surface area contributed by atoms with Crippen LogP contribution in [0.4, 0.5) is 4.79 Å². The number of carboxylic acid groups (broad SMARTS) is 1. The van der Waals surface area contributed by atoms with Crippen LogP contribution in [0.2, 0.25) is 0 Å². The van der Waals surface area contributed by atoms with Crippen molar-refractivity contribution in [2.75, 3.05) is 13.6 Å². The number of rotatable bonds is 4. The Hall–Kier alpha value is -1.85. The van der Waals surface area contributed by atoms with Crippen LogP contribution in [-0.2, 0) is 9.59 Å². The summed E-state index contributed by atoms with van der Waals surface area (Å²) in [6.07, 6.45) is 4.61. The number of nitrogens with zero attached hydrogens (tertiary/aromatic N) is 1. The molecule has 0 aromatic heterocycles. The number of carbonyl (C=O) groups excluding carboxylic acids is 2. The van der Waals surface area contributed by atoms with Crippen molar-refractivity contribution in [1.29, 1.82) is 0 Å². The fourth-order valence-electron chi connectivity index (χ4n) is 2.28. The predicted molar refractivity (Wildman–Crippen MR) is 74.1 cm³/mol. The number of imide groups is 1. The third-order valence-corrected chi connectivity index (χ3v) is 3.80. The fraction of sp³-hybridized carbons (Fsp3) is 0.643. The Morgan fingerprint density at radius 1 is 1.15 bits per heavy atom. The van der Waals surface area contributed by atoms with Crippen LogP contribution in [0.25, 0.3) is 0 Å². The molecule has 1 fully saturated rings. The zero-order valence-corrected chi connectivity index (χ0v) is 12.2. The minimum atomic E-state index is -1.16. The Morgan fingerprint density at radius 2 is 1.70 bits per heavy atom. The number of carboxylic acids is 1. The number of carbonyl (C=O) groups is 3. The molecule has 6 nitrogen and oxygen atoms in total. The van der Waals surface area contributed by atoms with Gasteiger partial charge in [-0.1, -0.05) is 12.8 Å². The topological polar surface area (TPSA) is 86.7 Å². The van der Waals surface area contributed by atoms with Crippen molar-refractivity contribution in [2.45, 2.75) is 39.5 Å². The Balaban J connectivity index is 2.54. The van der Waals surface area contributed by atoms with Crippen LogP contribution in [-0.4, -0.2) is 41.5 Å². The van der Waals surface area contributed by atoms with Crippen LogP contribution in [0.15, 0.2) is 11.1 Å². The molecule has 1 aliphatic rings. The molecule has 1 rings (SSSR count). The van der Waals surface area contributed by atoms with E-state index in [2.05, 4.69) is 5.32 Å². The van der Waals surface area contributed by atoms with Crippen molar-refractivity contribution in [2.24, 2.45) is 5.92 Å². The highest BCUT2D eigenvalue weighted by Gasteiger charge is 2.21. The summed E-state index contributed by atoms with van der Waals surface area (Å²) in [4.78, 5) is 35.9. The Kier molecular flexibility index (Phi) is 5.73. The second-order valence-corrected chi connectivity index (χ2v) is 5.35. The van der Waals surface area contributed by atoms with E-state index < -0.39 is 17.9 Å². The molecule has 6 heteroatoms. The van der Waals surface area contributed by atoms with Gasteiger partial charge in [-0.3, -0.25) is 10.1 Å². The molecule has 0 spiro atoms. The highest BCUT2D eigenvalue weighted by atomic mass is 16.4.